The molecule has 30 heavy (non-hydrogen) atoms. The van der Waals surface area contributed by atoms with Crippen LogP contribution in [0.2, 0.25) is 0 Å². The minimum atomic E-state index is -1.01. The monoisotopic (exact) mass is 420 g/mol. The summed E-state index contributed by atoms with van der Waals surface area (Å²) in [5, 5.41) is 27.6. The molecule has 0 radical (unpaired) electrons. The first kappa shape index (κ1) is 28.1. The highest BCUT2D eigenvalue weighted by Crippen LogP contribution is 2.08. The molecule has 0 rings (SSSR count). The zero-order valence-electron chi connectivity index (χ0n) is 18.4. The van der Waals surface area contributed by atoms with E-state index in [1.807, 2.05) is 18.2 Å². The average molecular weight is 421 g/mol. The van der Waals surface area contributed by atoms with Gasteiger partial charge in [-0.1, -0.05) is 80.5 Å². The van der Waals surface area contributed by atoms with Gasteiger partial charge in [0.05, 0.1) is 12.7 Å². The topological polar surface area (TPSA) is 87.0 Å². The minimum absolute atomic E-state index is 0.170. The molecule has 0 aromatic heterocycles. The van der Waals surface area contributed by atoms with Crippen LogP contribution in [-0.2, 0) is 9.53 Å². The first-order chi connectivity index (χ1) is 14.6. The highest BCUT2D eigenvalue weighted by atomic mass is 16.5. The number of hydrogen-bond donors (Lipinski definition) is 3. The summed E-state index contributed by atoms with van der Waals surface area (Å²) in [4.78, 5) is 11.4. The Kier molecular flexibility index (Phi) is 20.3. The van der Waals surface area contributed by atoms with E-state index in [9.17, 15) is 9.90 Å². The lowest BCUT2D eigenvalue weighted by Gasteiger charge is -2.08. The predicted octanol–water partition coefficient (Wildman–Crippen LogP) is 4.56. The van der Waals surface area contributed by atoms with Crippen LogP contribution in [0.1, 0.15) is 64.7 Å². The molecule has 0 saturated heterocycles. The predicted molar refractivity (Wildman–Crippen MR) is 123 cm³/mol. The molecular weight excluding hydrogens is 380 g/mol. The summed E-state index contributed by atoms with van der Waals surface area (Å²) in [6.45, 7) is 1.54. The molecule has 0 aliphatic heterocycles. The Balaban J connectivity index is 3.65. The second-order valence-electron chi connectivity index (χ2n) is 7.03. The number of aliphatic hydroxyl groups excluding tert-OH is 3. The summed E-state index contributed by atoms with van der Waals surface area (Å²) in [6.07, 6.45) is 26.3. The van der Waals surface area contributed by atoms with Crippen LogP contribution in [0.15, 0.2) is 60.8 Å². The third-order valence-corrected chi connectivity index (χ3v) is 4.16. The van der Waals surface area contributed by atoms with E-state index in [-0.39, 0.29) is 19.0 Å². The molecule has 2 unspecified atom stereocenters. The van der Waals surface area contributed by atoms with E-state index in [2.05, 4.69) is 43.4 Å². The summed E-state index contributed by atoms with van der Waals surface area (Å²) in [7, 11) is 0. The van der Waals surface area contributed by atoms with Gasteiger partial charge in [0.1, 0.15) is 12.7 Å². The van der Waals surface area contributed by atoms with Gasteiger partial charge in [0.25, 0.3) is 0 Å². The van der Waals surface area contributed by atoms with Gasteiger partial charge in [0.2, 0.25) is 0 Å². The molecule has 0 aliphatic rings. The number of hydrogen-bond acceptors (Lipinski definition) is 5. The lowest BCUT2D eigenvalue weighted by atomic mass is 10.1. The highest BCUT2D eigenvalue weighted by molar-refractivity contribution is 5.69. The molecule has 3 N–H and O–H groups in total. The summed E-state index contributed by atoms with van der Waals surface area (Å²) in [5.74, 6) is -0.373. The van der Waals surface area contributed by atoms with Crippen LogP contribution >= 0.6 is 0 Å². The van der Waals surface area contributed by atoms with Crippen molar-refractivity contribution in [1.82, 2.24) is 0 Å². The van der Waals surface area contributed by atoms with E-state index in [4.69, 9.17) is 14.9 Å². The zero-order valence-corrected chi connectivity index (χ0v) is 18.4. The molecule has 0 aliphatic carbocycles. The van der Waals surface area contributed by atoms with E-state index in [1.54, 1.807) is 6.08 Å². The highest BCUT2D eigenvalue weighted by Gasteiger charge is 2.07. The Morgan fingerprint density at radius 2 is 1.50 bits per heavy atom. The first-order valence-electron chi connectivity index (χ1n) is 11.0. The van der Waals surface area contributed by atoms with Gasteiger partial charge < -0.3 is 20.1 Å². The number of rotatable bonds is 18. The van der Waals surface area contributed by atoms with Crippen molar-refractivity contribution in [3.05, 3.63) is 60.8 Å². The van der Waals surface area contributed by atoms with Gasteiger partial charge in [0, 0.05) is 6.42 Å². The smallest absolute Gasteiger partial charge is 0.305 e. The number of unbranched alkanes of at least 4 members (excludes halogenated alkanes) is 2. The minimum Gasteiger partial charge on any atom is -0.463 e. The van der Waals surface area contributed by atoms with Crippen molar-refractivity contribution < 1.29 is 24.9 Å². The van der Waals surface area contributed by atoms with Crippen molar-refractivity contribution in [2.75, 3.05) is 13.2 Å². The third kappa shape index (κ3) is 20.8. The van der Waals surface area contributed by atoms with Crippen molar-refractivity contribution >= 4 is 5.97 Å². The maximum atomic E-state index is 11.4. The molecule has 5 nitrogen and oxygen atoms in total. The molecule has 0 amide bonds. The standard InChI is InChI=1S/C25H40O5/c1-2-3-4-5-6-7-8-9-10-11-12-13-15-18-23(27)19-16-14-17-20-25(29)30-22-24(28)21-26/h3-4,6-7,9-10,12-13,15,18,23-24,26-28H,2,5,8,11,14,16-17,19-22H2,1H3. The molecule has 0 heterocycles. The van der Waals surface area contributed by atoms with E-state index < -0.39 is 18.8 Å². The van der Waals surface area contributed by atoms with E-state index in [0.717, 1.165) is 38.5 Å². The van der Waals surface area contributed by atoms with Gasteiger partial charge in [-0.05, 0) is 38.5 Å². The van der Waals surface area contributed by atoms with Crippen molar-refractivity contribution in [3.63, 3.8) is 0 Å². The van der Waals surface area contributed by atoms with E-state index >= 15 is 0 Å². The molecule has 0 fully saturated rings. The fraction of sp³-hybridized carbons (Fsp3) is 0.560. The second-order valence-corrected chi connectivity index (χ2v) is 7.03. The van der Waals surface area contributed by atoms with Crippen molar-refractivity contribution in [3.8, 4) is 0 Å². The Labute approximate surface area is 182 Å². The van der Waals surface area contributed by atoms with Crippen molar-refractivity contribution in [2.45, 2.75) is 76.9 Å². The van der Waals surface area contributed by atoms with Crippen LogP contribution in [0.25, 0.3) is 0 Å². The summed E-state index contributed by atoms with van der Waals surface area (Å²) >= 11 is 0. The van der Waals surface area contributed by atoms with Gasteiger partial charge >= 0.3 is 5.97 Å². The quantitative estimate of drug-likeness (QED) is 0.131. The number of carbonyl (C=O) groups is 1. The molecule has 0 aromatic carbocycles. The van der Waals surface area contributed by atoms with Gasteiger partial charge in [-0.15, -0.1) is 0 Å². The number of ether oxygens (including phenoxy) is 1. The van der Waals surface area contributed by atoms with E-state index in [0.29, 0.717) is 12.8 Å². The zero-order chi connectivity index (χ0) is 22.3. The van der Waals surface area contributed by atoms with Crippen LogP contribution in [0.5, 0.6) is 0 Å². The Hall–Kier alpha value is -1.95. The van der Waals surface area contributed by atoms with Gasteiger partial charge in [-0.2, -0.15) is 0 Å². The fourth-order valence-electron chi connectivity index (χ4n) is 2.44. The SMILES string of the molecule is CCC=CCC=CCC=CCC=CC=CC(O)CCCCCC(=O)OCC(O)CO. The summed E-state index contributed by atoms with van der Waals surface area (Å²) in [5.41, 5.74) is 0. The van der Waals surface area contributed by atoms with Crippen LogP contribution in [-0.4, -0.2) is 46.7 Å². The number of allylic oxidation sites excluding steroid dienone is 9. The molecule has 0 bridgehead atoms. The second kappa shape index (κ2) is 21.8. The third-order valence-electron chi connectivity index (χ3n) is 4.16. The van der Waals surface area contributed by atoms with Crippen LogP contribution in [0.4, 0.5) is 0 Å². The lowest BCUT2D eigenvalue weighted by molar-refractivity contribution is -0.147. The van der Waals surface area contributed by atoms with E-state index in [1.165, 1.54) is 0 Å². The maximum absolute atomic E-state index is 11.4. The number of esters is 1. The normalized spacial score (nSPS) is 14.7. The molecule has 170 valence electrons. The Morgan fingerprint density at radius 3 is 2.13 bits per heavy atom. The summed E-state index contributed by atoms with van der Waals surface area (Å²) in [6, 6.07) is 0. The van der Waals surface area contributed by atoms with Gasteiger partial charge in [-0.25, -0.2) is 0 Å². The molecular formula is C25H40O5. The average Bonchev–Trinajstić information content (AvgIpc) is 2.74. The molecule has 5 heteroatoms. The number of aliphatic hydroxyl groups is 3. The largest absolute Gasteiger partial charge is 0.463 e. The van der Waals surface area contributed by atoms with Crippen molar-refractivity contribution in [1.29, 1.82) is 0 Å². The maximum Gasteiger partial charge on any atom is 0.305 e. The van der Waals surface area contributed by atoms with Gasteiger partial charge in [-0.3, -0.25) is 4.79 Å². The van der Waals surface area contributed by atoms with Crippen molar-refractivity contribution in [2.24, 2.45) is 0 Å². The molecule has 2 atom stereocenters. The fourth-order valence-corrected chi connectivity index (χ4v) is 2.44. The van der Waals surface area contributed by atoms with Crippen LogP contribution < -0.4 is 0 Å². The molecule has 0 spiro atoms. The van der Waals surface area contributed by atoms with Crippen LogP contribution in [0.3, 0.4) is 0 Å². The number of carbonyl (C=O) groups excluding carboxylic acids is 1. The Morgan fingerprint density at radius 1 is 0.867 bits per heavy atom. The molecule has 0 aromatic rings. The summed E-state index contributed by atoms with van der Waals surface area (Å²) < 4.78 is 4.83. The lowest BCUT2D eigenvalue weighted by Crippen LogP contribution is -2.21. The first-order valence-corrected chi connectivity index (χ1v) is 11.0. The van der Waals surface area contributed by atoms with Gasteiger partial charge in [0.15, 0.2) is 0 Å². The van der Waals surface area contributed by atoms with Crippen LogP contribution in [0, 0.1) is 0 Å². The Bertz CT molecular complexity index is 546. The molecule has 0 saturated carbocycles.